The molecule has 0 aromatic heterocycles. The third kappa shape index (κ3) is 4.31. The quantitative estimate of drug-likeness (QED) is 0.504. The molecule has 4 nitrogen and oxygen atoms in total. The topological polar surface area (TPSA) is 50.7 Å². The molecule has 2 aromatic carbocycles. The van der Waals surface area contributed by atoms with E-state index in [1.165, 1.54) is 0 Å². The Morgan fingerprint density at radius 1 is 1.14 bits per heavy atom. The van der Waals surface area contributed by atoms with Gasteiger partial charge in [0.15, 0.2) is 0 Å². The number of nitrogens with zero attached hydrogens (tertiary/aromatic N) is 1. The van der Waals surface area contributed by atoms with Crippen LogP contribution < -0.4 is 10.2 Å². The van der Waals surface area contributed by atoms with Crippen LogP contribution in [0.5, 0.6) is 5.75 Å². The molecule has 1 N–H and O–H groups in total. The minimum Gasteiger partial charge on any atom is -0.490 e. The molecular weight excluding hydrogens is 276 g/mol. The number of hydrazone groups is 1. The van der Waals surface area contributed by atoms with Crippen LogP contribution in [0.4, 0.5) is 0 Å². The molecule has 0 unspecified atom stereocenters. The Balaban J connectivity index is 1.98. The Kier molecular flexibility index (Phi) is 5.49. The summed E-state index contributed by atoms with van der Waals surface area (Å²) in [6, 6.07) is 16.6. The molecule has 0 heterocycles. The molecule has 0 bridgehead atoms. The van der Waals surface area contributed by atoms with E-state index in [4.69, 9.17) is 4.74 Å². The van der Waals surface area contributed by atoms with Crippen molar-refractivity contribution < 1.29 is 9.53 Å². The van der Waals surface area contributed by atoms with Crippen LogP contribution in [0.25, 0.3) is 0 Å². The van der Waals surface area contributed by atoms with E-state index < -0.39 is 0 Å². The molecule has 0 aliphatic rings. The number of rotatable bonds is 6. The van der Waals surface area contributed by atoms with E-state index in [1.54, 1.807) is 30.3 Å². The summed E-state index contributed by atoms with van der Waals surface area (Å²) in [6.45, 7) is 5.87. The SMILES string of the molecule is C=CCOc1ccc(C(=O)NN=C(C)c2ccccc2)cc1. The number of ether oxygens (including phenoxy) is 1. The maximum absolute atomic E-state index is 12.0. The second kappa shape index (κ2) is 7.78. The number of benzene rings is 2. The van der Waals surface area contributed by atoms with Crippen LogP contribution in [0.1, 0.15) is 22.8 Å². The average molecular weight is 294 g/mol. The Bertz CT molecular complexity index is 661. The fourth-order valence-corrected chi connectivity index (χ4v) is 1.80. The zero-order valence-corrected chi connectivity index (χ0v) is 12.5. The van der Waals surface area contributed by atoms with Gasteiger partial charge >= 0.3 is 0 Å². The molecule has 0 fully saturated rings. The number of carbonyl (C=O) groups excluding carboxylic acids is 1. The van der Waals surface area contributed by atoms with Crippen LogP contribution in [-0.4, -0.2) is 18.2 Å². The molecular formula is C18H18N2O2. The van der Waals surface area contributed by atoms with Gasteiger partial charge in [0, 0.05) is 5.56 Å². The first kappa shape index (κ1) is 15.5. The summed E-state index contributed by atoms with van der Waals surface area (Å²) in [6.07, 6.45) is 1.67. The highest BCUT2D eigenvalue weighted by Crippen LogP contribution is 2.12. The van der Waals surface area contributed by atoms with Crippen molar-refractivity contribution in [3.05, 3.63) is 78.4 Å². The zero-order chi connectivity index (χ0) is 15.8. The van der Waals surface area contributed by atoms with Gasteiger partial charge in [0.1, 0.15) is 12.4 Å². The van der Waals surface area contributed by atoms with Crippen molar-refractivity contribution in [1.82, 2.24) is 5.43 Å². The maximum Gasteiger partial charge on any atom is 0.271 e. The lowest BCUT2D eigenvalue weighted by Crippen LogP contribution is -2.19. The van der Waals surface area contributed by atoms with Crippen molar-refractivity contribution >= 4 is 11.6 Å². The highest BCUT2D eigenvalue weighted by atomic mass is 16.5. The normalized spacial score (nSPS) is 10.9. The van der Waals surface area contributed by atoms with E-state index in [1.807, 2.05) is 37.3 Å². The van der Waals surface area contributed by atoms with E-state index in [0.29, 0.717) is 17.9 Å². The molecule has 2 rings (SSSR count). The van der Waals surface area contributed by atoms with E-state index in [9.17, 15) is 4.79 Å². The summed E-state index contributed by atoms with van der Waals surface area (Å²) in [5, 5.41) is 4.12. The Morgan fingerprint density at radius 2 is 1.82 bits per heavy atom. The number of hydrogen-bond acceptors (Lipinski definition) is 3. The predicted molar refractivity (Wildman–Crippen MR) is 88.3 cm³/mol. The molecule has 1 amide bonds. The molecule has 0 radical (unpaired) electrons. The highest BCUT2D eigenvalue weighted by Gasteiger charge is 2.05. The lowest BCUT2D eigenvalue weighted by atomic mass is 10.1. The first-order chi connectivity index (χ1) is 10.7. The zero-order valence-electron chi connectivity index (χ0n) is 12.5. The van der Waals surface area contributed by atoms with Crippen LogP contribution in [-0.2, 0) is 0 Å². The molecule has 0 atom stereocenters. The summed E-state index contributed by atoms with van der Waals surface area (Å²) < 4.78 is 5.37. The highest BCUT2D eigenvalue weighted by molar-refractivity contribution is 6.00. The molecule has 0 saturated carbocycles. The fourth-order valence-electron chi connectivity index (χ4n) is 1.80. The first-order valence-corrected chi connectivity index (χ1v) is 6.94. The minimum atomic E-state index is -0.259. The molecule has 4 heteroatoms. The lowest BCUT2D eigenvalue weighted by Gasteiger charge is -2.05. The number of hydrogen-bond donors (Lipinski definition) is 1. The standard InChI is InChI=1S/C18H18N2O2/c1-3-13-22-17-11-9-16(10-12-17)18(21)20-19-14(2)15-7-5-4-6-8-15/h3-12H,1,13H2,2H3,(H,20,21). The van der Waals surface area contributed by atoms with Gasteiger partial charge < -0.3 is 4.74 Å². The van der Waals surface area contributed by atoms with E-state index in [2.05, 4.69) is 17.1 Å². The van der Waals surface area contributed by atoms with E-state index in [-0.39, 0.29) is 5.91 Å². The fraction of sp³-hybridized carbons (Fsp3) is 0.111. The van der Waals surface area contributed by atoms with Crippen LogP contribution in [0.2, 0.25) is 0 Å². The molecule has 0 aliphatic carbocycles. The Hall–Kier alpha value is -2.88. The summed E-state index contributed by atoms with van der Waals surface area (Å²) >= 11 is 0. The van der Waals surface area contributed by atoms with Crippen LogP contribution in [0.3, 0.4) is 0 Å². The second-order valence-electron chi connectivity index (χ2n) is 4.63. The van der Waals surface area contributed by atoms with Gasteiger partial charge in [0.2, 0.25) is 0 Å². The predicted octanol–water partition coefficient (Wildman–Crippen LogP) is 3.41. The smallest absolute Gasteiger partial charge is 0.271 e. The third-order valence-electron chi connectivity index (χ3n) is 3.00. The molecule has 22 heavy (non-hydrogen) atoms. The first-order valence-electron chi connectivity index (χ1n) is 6.94. The van der Waals surface area contributed by atoms with Crippen LogP contribution >= 0.6 is 0 Å². The van der Waals surface area contributed by atoms with E-state index >= 15 is 0 Å². The van der Waals surface area contributed by atoms with Crippen molar-refractivity contribution in [3.63, 3.8) is 0 Å². The van der Waals surface area contributed by atoms with Crippen molar-refractivity contribution in [2.24, 2.45) is 5.10 Å². The van der Waals surface area contributed by atoms with Gasteiger partial charge in [0.25, 0.3) is 5.91 Å². The molecule has 0 spiro atoms. The Labute approximate surface area is 130 Å². The van der Waals surface area contributed by atoms with Crippen molar-refractivity contribution in [2.75, 3.05) is 6.61 Å². The lowest BCUT2D eigenvalue weighted by molar-refractivity contribution is 0.0955. The second-order valence-corrected chi connectivity index (χ2v) is 4.63. The van der Waals surface area contributed by atoms with Gasteiger partial charge in [-0.1, -0.05) is 43.0 Å². The van der Waals surface area contributed by atoms with Gasteiger partial charge in [-0.25, -0.2) is 5.43 Å². The monoisotopic (exact) mass is 294 g/mol. The molecule has 112 valence electrons. The van der Waals surface area contributed by atoms with Gasteiger partial charge in [-0.05, 0) is 36.8 Å². The largest absolute Gasteiger partial charge is 0.490 e. The Morgan fingerprint density at radius 3 is 2.45 bits per heavy atom. The summed E-state index contributed by atoms with van der Waals surface area (Å²) in [5.74, 6) is 0.436. The van der Waals surface area contributed by atoms with Crippen LogP contribution in [0, 0.1) is 0 Å². The van der Waals surface area contributed by atoms with Crippen molar-refractivity contribution in [2.45, 2.75) is 6.92 Å². The van der Waals surface area contributed by atoms with Crippen LogP contribution in [0.15, 0.2) is 72.4 Å². The number of carbonyl (C=O) groups is 1. The third-order valence-corrected chi connectivity index (χ3v) is 3.00. The minimum absolute atomic E-state index is 0.259. The van der Waals surface area contributed by atoms with Gasteiger partial charge in [-0.2, -0.15) is 5.10 Å². The molecule has 0 saturated heterocycles. The van der Waals surface area contributed by atoms with Crippen molar-refractivity contribution in [3.8, 4) is 5.75 Å². The summed E-state index contributed by atoms with van der Waals surface area (Å²) in [7, 11) is 0. The van der Waals surface area contributed by atoms with Gasteiger partial charge in [-0.3, -0.25) is 4.79 Å². The van der Waals surface area contributed by atoms with Crippen molar-refractivity contribution in [1.29, 1.82) is 0 Å². The van der Waals surface area contributed by atoms with Gasteiger partial charge in [-0.15, -0.1) is 0 Å². The molecule has 2 aromatic rings. The number of amides is 1. The number of nitrogens with one attached hydrogen (secondary N) is 1. The van der Waals surface area contributed by atoms with Gasteiger partial charge in [0.05, 0.1) is 5.71 Å². The summed E-state index contributed by atoms with van der Waals surface area (Å²) in [5.41, 5.74) is 4.79. The van der Waals surface area contributed by atoms with E-state index in [0.717, 1.165) is 11.3 Å². The average Bonchev–Trinajstić information content (AvgIpc) is 2.58. The summed E-state index contributed by atoms with van der Waals surface area (Å²) in [4.78, 5) is 12.0. The maximum atomic E-state index is 12.0. The molecule has 0 aliphatic heterocycles.